The second-order valence-corrected chi connectivity index (χ2v) is 6.06. The highest BCUT2D eigenvalue weighted by atomic mass is 19.1. The third-order valence-corrected chi connectivity index (χ3v) is 4.49. The number of hydrogen-bond acceptors (Lipinski definition) is 5. The van der Waals surface area contributed by atoms with Crippen LogP contribution in [-0.4, -0.2) is 29.7 Å². The van der Waals surface area contributed by atoms with Gasteiger partial charge in [0.15, 0.2) is 11.5 Å². The van der Waals surface area contributed by atoms with Gasteiger partial charge in [0, 0.05) is 12.1 Å². The summed E-state index contributed by atoms with van der Waals surface area (Å²) in [6, 6.07) is 6.52. The molecule has 0 aliphatic carbocycles. The summed E-state index contributed by atoms with van der Waals surface area (Å²) in [5.74, 6) is 0.611. The van der Waals surface area contributed by atoms with Crippen LogP contribution in [0.25, 0.3) is 11.2 Å². The Bertz CT molecular complexity index is 1050. The molecular formula is C17H14FN7. The highest BCUT2D eigenvalue weighted by Crippen LogP contribution is 2.30. The van der Waals surface area contributed by atoms with Crippen molar-refractivity contribution in [3.05, 3.63) is 65.8 Å². The van der Waals surface area contributed by atoms with Crippen LogP contribution in [0, 0.1) is 5.82 Å². The highest BCUT2D eigenvalue weighted by Gasteiger charge is 2.26. The summed E-state index contributed by atoms with van der Waals surface area (Å²) in [6.07, 6.45) is 5.05. The molecule has 1 aliphatic rings. The van der Waals surface area contributed by atoms with Crippen LogP contribution in [0.3, 0.4) is 0 Å². The van der Waals surface area contributed by atoms with Gasteiger partial charge in [-0.15, -0.1) is 0 Å². The van der Waals surface area contributed by atoms with Gasteiger partial charge in [-0.3, -0.25) is 4.68 Å². The van der Waals surface area contributed by atoms with Gasteiger partial charge >= 0.3 is 0 Å². The van der Waals surface area contributed by atoms with Gasteiger partial charge in [0.2, 0.25) is 0 Å². The van der Waals surface area contributed by atoms with E-state index in [1.165, 1.54) is 24.0 Å². The summed E-state index contributed by atoms with van der Waals surface area (Å²) in [4.78, 5) is 18.1. The molecule has 8 heteroatoms. The molecule has 25 heavy (non-hydrogen) atoms. The Labute approximate surface area is 142 Å². The SMILES string of the molecule is Fc1ccc(Cn2ncc3c2CN(c2ncnc4nc[nH]c24)C3)cc1. The van der Waals surface area contributed by atoms with Gasteiger partial charge in [0.25, 0.3) is 0 Å². The molecule has 4 heterocycles. The minimum Gasteiger partial charge on any atom is -0.344 e. The van der Waals surface area contributed by atoms with Crippen molar-refractivity contribution >= 4 is 17.0 Å². The van der Waals surface area contributed by atoms with Gasteiger partial charge in [-0.2, -0.15) is 5.10 Å². The molecule has 0 fully saturated rings. The molecule has 0 bridgehead atoms. The fourth-order valence-electron chi connectivity index (χ4n) is 3.25. The van der Waals surface area contributed by atoms with Crippen LogP contribution in [0.15, 0.2) is 43.1 Å². The quantitative estimate of drug-likeness (QED) is 0.621. The lowest BCUT2D eigenvalue weighted by molar-refractivity contribution is 0.620. The zero-order valence-corrected chi connectivity index (χ0v) is 13.2. The number of anilines is 1. The van der Waals surface area contributed by atoms with Gasteiger partial charge in [-0.25, -0.2) is 19.3 Å². The van der Waals surface area contributed by atoms with Gasteiger partial charge in [-0.1, -0.05) is 12.1 Å². The maximum Gasteiger partial charge on any atom is 0.182 e. The zero-order valence-electron chi connectivity index (χ0n) is 13.2. The average Bonchev–Trinajstić information content (AvgIpc) is 3.33. The summed E-state index contributed by atoms with van der Waals surface area (Å²) in [5, 5.41) is 4.48. The lowest BCUT2D eigenvalue weighted by Crippen LogP contribution is -2.19. The topological polar surface area (TPSA) is 75.5 Å². The second-order valence-electron chi connectivity index (χ2n) is 6.06. The van der Waals surface area contributed by atoms with E-state index in [1.54, 1.807) is 18.5 Å². The minimum absolute atomic E-state index is 0.229. The van der Waals surface area contributed by atoms with E-state index < -0.39 is 0 Å². The van der Waals surface area contributed by atoms with Crippen LogP contribution < -0.4 is 4.90 Å². The first-order valence-corrected chi connectivity index (χ1v) is 7.95. The van der Waals surface area contributed by atoms with Crippen LogP contribution in [0.2, 0.25) is 0 Å². The van der Waals surface area contributed by atoms with Crippen LogP contribution in [0.1, 0.15) is 16.8 Å². The molecule has 5 rings (SSSR count). The fourth-order valence-corrected chi connectivity index (χ4v) is 3.25. The number of nitrogens with one attached hydrogen (secondary N) is 1. The van der Waals surface area contributed by atoms with Crippen molar-refractivity contribution in [3.8, 4) is 0 Å². The molecule has 0 unspecified atom stereocenters. The molecule has 0 atom stereocenters. The average molecular weight is 335 g/mol. The van der Waals surface area contributed by atoms with E-state index >= 15 is 0 Å². The minimum atomic E-state index is -0.229. The van der Waals surface area contributed by atoms with E-state index in [2.05, 4.69) is 29.9 Å². The predicted octanol–water partition coefficient (Wildman–Crippen LogP) is 2.26. The number of benzene rings is 1. The largest absolute Gasteiger partial charge is 0.344 e. The number of aromatic amines is 1. The lowest BCUT2D eigenvalue weighted by Gasteiger charge is -2.17. The van der Waals surface area contributed by atoms with Crippen molar-refractivity contribution in [1.82, 2.24) is 29.7 Å². The molecule has 0 saturated carbocycles. The Kier molecular flexibility index (Phi) is 3.03. The number of nitrogens with zero attached hydrogens (tertiary/aromatic N) is 6. The number of H-pyrrole nitrogens is 1. The highest BCUT2D eigenvalue weighted by molar-refractivity contribution is 5.82. The third kappa shape index (κ3) is 2.34. The molecule has 0 radical (unpaired) electrons. The van der Waals surface area contributed by atoms with Gasteiger partial charge < -0.3 is 9.88 Å². The molecule has 3 aromatic heterocycles. The van der Waals surface area contributed by atoms with Crippen molar-refractivity contribution < 1.29 is 4.39 Å². The molecule has 0 saturated heterocycles. The van der Waals surface area contributed by atoms with E-state index in [0.29, 0.717) is 18.7 Å². The van der Waals surface area contributed by atoms with Crippen LogP contribution >= 0.6 is 0 Å². The fraction of sp³-hybridized carbons (Fsp3) is 0.176. The zero-order chi connectivity index (χ0) is 16.8. The number of fused-ring (bicyclic) bond motifs is 2. The number of aromatic nitrogens is 6. The summed E-state index contributed by atoms with van der Waals surface area (Å²) in [7, 11) is 0. The normalized spacial score (nSPS) is 13.6. The van der Waals surface area contributed by atoms with E-state index in [-0.39, 0.29) is 5.82 Å². The monoisotopic (exact) mass is 335 g/mol. The van der Waals surface area contributed by atoms with Crippen molar-refractivity contribution in [2.24, 2.45) is 0 Å². The first kappa shape index (κ1) is 14.1. The summed E-state index contributed by atoms with van der Waals surface area (Å²) < 4.78 is 15.0. The Morgan fingerprint density at radius 1 is 1.08 bits per heavy atom. The number of imidazole rings is 1. The first-order valence-electron chi connectivity index (χ1n) is 7.95. The molecule has 4 aromatic rings. The van der Waals surface area contributed by atoms with Crippen LogP contribution in [0.4, 0.5) is 10.2 Å². The molecule has 1 aliphatic heterocycles. The first-order chi connectivity index (χ1) is 12.3. The molecule has 1 N–H and O–H groups in total. The molecule has 1 aromatic carbocycles. The third-order valence-electron chi connectivity index (χ3n) is 4.49. The Hall–Kier alpha value is -3.29. The second kappa shape index (κ2) is 5.37. The maximum atomic E-state index is 13.1. The van der Waals surface area contributed by atoms with E-state index in [9.17, 15) is 4.39 Å². The lowest BCUT2D eigenvalue weighted by atomic mass is 10.2. The van der Waals surface area contributed by atoms with Crippen LogP contribution in [-0.2, 0) is 19.6 Å². The Balaban J connectivity index is 1.44. The van der Waals surface area contributed by atoms with Crippen molar-refractivity contribution in [2.45, 2.75) is 19.6 Å². The van der Waals surface area contributed by atoms with Gasteiger partial charge in [0.05, 0.1) is 31.3 Å². The molecule has 7 nitrogen and oxygen atoms in total. The number of hydrogen-bond donors (Lipinski definition) is 1. The summed E-state index contributed by atoms with van der Waals surface area (Å²) >= 11 is 0. The summed E-state index contributed by atoms with van der Waals surface area (Å²) in [6.45, 7) is 2.07. The molecule has 0 spiro atoms. The van der Waals surface area contributed by atoms with E-state index in [0.717, 1.165) is 29.1 Å². The predicted molar refractivity (Wildman–Crippen MR) is 89.3 cm³/mol. The van der Waals surface area contributed by atoms with Crippen molar-refractivity contribution in [1.29, 1.82) is 0 Å². The van der Waals surface area contributed by atoms with E-state index in [4.69, 9.17) is 0 Å². The van der Waals surface area contributed by atoms with Crippen molar-refractivity contribution in [3.63, 3.8) is 0 Å². The number of rotatable bonds is 3. The smallest absolute Gasteiger partial charge is 0.182 e. The van der Waals surface area contributed by atoms with Gasteiger partial charge in [0.1, 0.15) is 17.7 Å². The molecular weight excluding hydrogens is 321 g/mol. The standard InChI is InChI=1S/C17H14FN7/c18-13-3-1-11(2-4-13)6-25-14-8-24(7-12(14)5-23-25)17-15-16(20-9-19-15)21-10-22-17/h1-5,9-10H,6-8H2,(H,19,20,21,22). The molecule has 124 valence electrons. The number of halogens is 1. The van der Waals surface area contributed by atoms with Crippen molar-refractivity contribution in [2.75, 3.05) is 4.90 Å². The van der Waals surface area contributed by atoms with Crippen LogP contribution in [0.5, 0.6) is 0 Å². The van der Waals surface area contributed by atoms with E-state index in [1.807, 2.05) is 10.9 Å². The molecule has 0 amide bonds. The Morgan fingerprint density at radius 2 is 1.96 bits per heavy atom. The Morgan fingerprint density at radius 3 is 2.84 bits per heavy atom. The summed E-state index contributed by atoms with van der Waals surface area (Å²) in [5.41, 5.74) is 4.84. The maximum absolute atomic E-state index is 13.1. The van der Waals surface area contributed by atoms with Gasteiger partial charge in [-0.05, 0) is 17.7 Å².